The molecule has 25 heavy (non-hydrogen) atoms. The van der Waals surface area contributed by atoms with Gasteiger partial charge in [0, 0.05) is 38.4 Å². The summed E-state index contributed by atoms with van der Waals surface area (Å²) in [7, 11) is 0. The van der Waals surface area contributed by atoms with Crippen molar-refractivity contribution in [2.24, 2.45) is 0 Å². The number of nitrogens with one attached hydrogen (secondary N) is 1. The van der Waals surface area contributed by atoms with Gasteiger partial charge in [-0.1, -0.05) is 0 Å². The molecule has 0 radical (unpaired) electrons. The van der Waals surface area contributed by atoms with Gasteiger partial charge in [0.15, 0.2) is 0 Å². The summed E-state index contributed by atoms with van der Waals surface area (Å²) in [5, 5.41) is 11.0. The van der Waals surface area contributed by atoms with Gasteiger partial charge in [-0.15, -0.1) is 0 Å². The summed E-state index contributed by atoms with van der Waals surface area (Å²) in [6.07, 6.45) is 1.92. The lowest BCUT2D eigenvalue weighted by Gasteiger charge is -2.35. The molecular formula is C17H26N4O4. The molecule has 8 nitrogen and oxygen atoms in total. The number of carbonyl (C=O) groups excluding carboxylic acids is 1. The van der Waals surface area contributed by atoms with E-state index in [1.54, 1.807) is 17.9 Å². The van der Waals surface area contributed by atoms with Crippen LogP contribution in [0.3, 0.4) is 0 Å². The molecule has 0 unspecified atom stereocenters. The molecule has 2 saturated heterocycles. The summed E-state index contributed by atoms with van der Waals surface area (Å²) >= 11 is 0. The lowest BCUT2D eigenvalue weighted by molar-refractivity contribution is -0.0389. The number of amides is 1. The molecule has 1 atom stereocenters. The number of aliphatic hydroxyl groups is 1. The number of rotatable bonds is 3. The Labute approximate surface area is 146 Å². The van der Waals surface area contributed by atoms with E-state index < -0.39 is 11.3 Å². The number of nitrogens with zero attached hydrogens (tertiary/aromatic N) is 3. The van der Waals surface area contributed by atoms with Gasteiger partial charge in [-0.2, -0.15) is 4.98 Å². The molecule has 0 aliphatic carbocycles. The lowest BCUT2D eigenvalue weighted by Crippen LogP contribution is -2.48. The number of carbonyl (C=O) groups is 1. The summed E-state index contributed by atoms with van der Waals surface area (Å²) in [4.78, 5) is 34.4. The average molecular weight is 350 g/mol. The number of β-amino-alcohol motifs (C(OH)–C–C–N with tert-alkyl or cyclic N) is 1. The maximum atomic E-state index is 12.7. The van der Waals surface area contributed by atoms with Crippen LogP contribution in [0.4, 0.5) is 0 Å². The van der Waals surface area contributed by atoms with Crippen molar-refractivity contribution in [2.75, 3.05) is 45.9 Å². The molecule has 1 aromatic rings. The normalized spacial score (nSPS) is 25.6. The summed E-state index contributed by atoms with van der Waals surface area (Å²) < 4.78 is 5.35. The third kappa shape index (κ3) is 4.65. The topological polar surface area (TPSA) is 98.8 Å². The number of hydrogen-bond donors (Lipinski definition) is 2. The minimum absolute atomic E-state index is 0.167. The second kappa shape index (κ2) is 7.63. The fourth-order valence-electron chi connectivity index (χ4n) is 3.57. The Morgan fingerprint density at radius 3 is 2.80 bits per heavy atom. The monoisotopic (exact) mass is 350 g/mol. The number of aryl methyl sites for hydroxylation is 1. The largest absolute Gasteiger partial charge is 0.388 e. The predicted octanol–water partition coefficient (Wildman–Crippen LogP) is -0.232. The van der Waals surface area contributed by atoms with Crippen LogP contribution < -0.4 is 5.69 Å². The highest BCUT2D eigenvalue weighted by molar-refractivity contribution is 5.92. The van der Waals surface area contributed by atoms with Crippen LogP contribution in [0.5, 0.6) is 0 Å². The van der Waals surface area contributed by atoms with Crippen molar-refractivity contribution in [2.45, 2.75) is 31.8 Å². The van der Waals surface area contributed by atoms with E-state index >= 15 is 0 Å². The van der Waals surface area contributed by atoms with Crippen LogP contribution in [-0.4, -0.2) is 82.3 Å². The van der Waals surface area contributed by atoms with Crippen LogP contribution in [0.25, 0.3) is 0 Å². The van der Waals surface area contributed by atoms with E-state index in [4.69, 9.17) is 4.74 Å². The summed E-state index contributed by atoms with van der Waals surface area (Å²) in [6.45, 7) is 6.44. The molecule has 1 amide bonds. The summed E-state index contributed by atoms with van der Waals surface area (Å²) in [5.74, 6) is -0.246. The minimum Gasteiger partial charge on any atom is -0.388 e. The first-order valence-electron chi connectivity index (χ1n) is 8.85. The van der Waals surface area contributed by atoms with E-state index in [0.29, 0.717) is 51.4 Å². The van der Waals surface area contributed by atoms with Crippen LogP contribution >= 0.6 is 0 Å². The zero-order valence-electron chi connectivity index (χ0n) is 14.7. The molecule has 0 saturated carbocycles. The first-order valence-corrected chi connectivity index (χ1v) is 8.85. The third-order valence-electron chi connectivity index (χ3n) is 4.92. The molecule has 0 bridgehead atoms. The molecule has 2 aliphatic rings. The first kappa shape index (κ1) is 18.0. The predicted molar refractivity (Wildman–Crippen MR) is 91.6 cm³/mol. The maximum absolute atomic E-state index is 12.7. The Hall–Kier alpha value is -1.77. The van der Waals surface area contributed by atoms with Gasteiger partial charge in [-0.25, -0.2) is 4.79 Å². The minimum atomic E-state index is -0.788. The van der Waals surface area contributed by atoms with E-state index in [-0.39, 0.29) is 11.6 Å². The molecule has 2 fully saturated rings. The molecule has 0 aromatic carbocycles. The van der Waals surface area contributed by atoms with Crippen LogP contribution in [0.1, 0.15) is 35.4 Å². The van der Waals surface area contributed by atoms with Gasteiger partial charge in [0.1, 0.15) is 5.69 Å². The highest BCUT2D eigenvalue weighted by Gasteiger charge is 2.34. The number of H-pyrrole nitrogens is 1. The summed E-state index contributed by atoms with van der Waals surface area (Å²) in [5.41, 5.74) is -0.520. The van der Waals surface area contributed by atoms with Crippen LogP contribution in [0.2, 0.25) is 0 Å². The quantitative estimate of drug-likeness (QED) is 0.781. The Balaban J connectivity index is 1.64. The van der Waals surface area contributed by atoms with E-state index in [2.05, 4.69) is 14.9 Å². The van der Waals surface area contributed by atoms with Crippen molar-refractivity contribution in [1.29, 1.82) is 0 Å². The smallest absolute Gasteiger partial charge is 0.345 e. The van der Waals surface area contributed by atoms with E-state index in [1.807, 2.05) is 0 Å². The standard InChI is InChI=1S/C17H26N4O4/c1-13-11-14(19-16(23)18-13)15(22)21-5-2-3-17(24,4-6-21)12-20-7-9-25-10-8-20/h11,24H,2-10,12H2,1H3,(H,18,19,23)/t17-/m1/s1. The molecule has 2 aliphatic heterocycles. The zero-order valence-corrected chi connectivity index (χ0v) is 14.7. The molecule has 1 aromatic heterocycles. The molecular weight excluding hydrogens is 324 g/mol. The molecule has 0 spiro atoms. The van der Waals surface area contributed by atoms with Gasteiger partial charge in [0.2, 0.25) is 0 Å². The zero-order chi connectivity index (χ0) is 17.9. The Kier molecular flexibility index (Phi) is 5.51. The van der Waals surface area contributed by atoms with Gasteiger partial charge in [0.05, 0.1) is 18.8 Å². The van der Waals surface area contributed by atoms with Crippen LogP contribution in [0, 0.1) is 6.92 Å². The second-order valence-electron chi connectivity index (χ2n) is 7.01. The highest BCUT2D eigenvalue weighted by atomic mass is 16.5. The number of ether oxygens (including phenoxy) is 1. The van der Waals surface area contributed by atoms with Gasteiger partial charge < -0.3 is 19.7 Å². The van der Waals surface area contributed by atoms with Crippen molar-refractivity contribution < 1.29 is 14.6 Å². The Morgan fingerprint density at radius 2 is 2.08 bits per heavy atom. The maximum Gasteiger partial charge on any atom is 0.345 e. The van der Waals surface area contributed by atoms with E-state index in [9.17, 15) is 14.7 Å². The molecule has 2 N–H and O–H groups in total. The number of likely N-dealkylation sites (tertiary alicyclic amines) is 1. The second-order valence-corrected chi connectivity index (χ2v) is 7.01. The molecule has 138 valence electrons. The van der Waals surface area contributed by atoms with Crippen molar-refractivity contribution in [3.8, 4) is 0 Å². The van der Waals surface area contributed by atoms with Crippen LogP contribution in [0.15, 0.2) is 10.9 Å². The summed E-state index contributed by atoms with van der Waals surface area (Å²) in [6, 6.07) is 1.59. The fraction of sp³-hybridized carbons (Fsp3) is 0.706. The van der Waals surface area contributed by atoms with Crippen LogP contribution in [-0.2, 0) is 4.74 Å². The fourth-order valence-corrected chi connectivity index (χ4v) is 3.57. The molecule has 3 rings (SSSR count). The molecule has 3 heterocycles. The number of morpholine rings is 1. The van der Waals surface area contributed by atoms with Gasteiger partial charge >= 0.3 is 5.69 Å². The number of aromatic amines is 1. The Morgan fingerprint density at radius 1 is 1.32 bits per heavy atom. The van der Waals surface area contributed by atoms with Crippen molar-refractivity contribution in [3.63, 3.8) is 0 Å². The van der Waals surface area contributed by atoms with Crippen molar-refractivity contribution >= 4 is 5.91 Å². The number of aromatic nitrogens is 2. The van der Waals surface area contributed by atoms with Crippen molar-refractivity contribution in [3.05, 3.63) is 27.9 Å². The first-order chi connectivity index (χ1) is 12.0. The Bertz CT molecular complexity index is 671. The van der Waals surface area contributed by atoms with Gasteiger partial charge in [-0.3, -0.25) is 9.69 Å². The van der Waals surface area contributed by atoms with Gasteiger partial charge in [0.25, 0.3) is 5.91 Å². The van der Waals surface area contributed by atoms with E-state index in [1.165, 1.54) is 0 Å². The SMILES string of the molecule is Cc1cc(C(=O)N2CCC[C@](O)(CN3CCOCC3)CC2)nc(=O)[nH]1. The van der Waals surface area contributed by atoms with E-state index in [0.717, 1.165) is 19.5 Å². The molecule has 8 heteroatoms. The number of hydrogen-bond acceptors (Lipinski definition) is 6. The van der Waals surface area contributed by atoms with Gasteiger partial charge in [-0.05, 0) is 32.3 Å². The van der Waals surface area contributed by atoms with Crippen molar-refractivity contribution in [1.82, 2.24) is 19.8 Å². The third-order valence-corrected chi connectivity index (χ3v) is 4.92. The highest BCUT2D eigenvalue weighted by Crippen LogP contribution is 2.24. The average Bonchev–Trinajstić information content (AvgIpc) is 2.76. The lowest BCUT2D eigenvalue weighted by atomic mass is 9.94.